The summed E-state index contributed by atoms with van der Waals surface area (Å²) < 4.78 is 0. The maximum Gasteiger partial charge on any atom is 0.00476 e. The second kappa shape index (κ2) is 1.97. The van der Waals surface area contributed by atoms with E-state index in [0.29, 0.717) is 0 Å². The van der Waals surface area contributed by atoms with E-state index in [1.807, 2.05) is 0 Å². The van der Waals surface area contributed by atoms with Gasteiger partial charge >= 0.3 is 0 Å². The fraction of sp³-hybridized carbons (Fsp3) is 1.00. The average molecular weight is 139 g/mol. The van der Waals surface area contributed by atoms with Gasteiger partial charge in [-0.1, -0.05) is 13.3 Å². The van der Waals surface area contributed by atoms with E-state index < -0.39 is 0 Å². The first-order valence-electron chi connectivity index (χ1n) is 4.43. The SMILES string of the molecule is CCC1CC2(C1)CN(C)C2. The van der Waals surface area contributed by atoms with E-state index in [-0.39, 0.29) is 0 Å². The van der Waals surface area contributed by atoms with Gasteiger partial charge < -0.3 is 4.90 Å². The van der Waals surface area contributed by atoms with E-state index in [1.54, 1.807) is 0 Å². The molecule has 10 heavy (non-hydrogen) atoms. The Morgan fingerprint density at radius 1 is 1.40 bits per heavy atom. The standard InChI is InChI=1S/C9H17N/c1-3-8-4-9(5-8)6-10(2)7-9/h8H,3-7H2,1-2H3. The summed E-state index contributed by atoms with van der Waals surface area (Å²) in [7, 11) is 2.23. The lowest BCUT2D eigenvalue weighted by atomic mass is 9.57. The Kier molecular flexibility index (Phi) is 1.31. The van der Waals surface area contributed by atoms with Gasteiger partial charge in [-0.15, -0.1) is 0 Å². The Bertz CT molecular complexity index is 128. The summed E-state index contributed by atoms with van der Waals surface area (Å²) in [6.07, 6.45) is 4.45. The van der Waals surface area contributed by atoms with Gasteiger partial charge in [-0.05, 0) is 31.2 Å². The zero-order chi connectivity index (χ0) is 7.19. The molecule has 0 aromatic carbocycles. The average Bonchev–Trinajstić information content (AvgIpc) is 1.74. The molecular formula is C9H17N. The Labute approximate surface area is 63.4 Å². The summed E-state index contributed by atoms with van der Waals surface area (Å²) in [6.45, 7) is 5.08. The van der Waals surface area contributed by atoms with Crippen LogP contribution >= 0.6 is 0 Å². The van der Waals surface area contributed by atoms with E-state index in [4.69, 9.17) is 0 Å². The van der Waals surface area contributed by atoms with Gasteiger partial charge in [-0.25, -0.2) is 0 Å². The molecule has 1 aliphatic carbocycles. The van der Waals surface area contributed by atoms with Crippen LogP contribution in [0.5, 0.6) is 0 Å². The fourth-order valence-electron chi connectivity index (χ4n) is 2.81. The third-order valence-corrected chi connectivity index (χ3v) is 3.23. The van der Waals surface area contributed by atoms with E-state index in [0.717, 1.165) is 11.3 Å². The number of hydrogen-bond donors (Lipinski definition) is 0. The first-order chi connectivity index (χ1) is 4.74. The van der Waals surface area contributed by atoms with E-state index in [2.05, 4.69) is 18.9 Å². The van der Waals surface area contributed by atoms with Crippen LogP contribution < -0.4 is 0 Å². The van der Waals surface area contributed by atoms with Crippen molar-refractivity contribution in [3.05, 3.63) is 0 Å². The fourth-order valence-corrected chi connectivity index (χ4v) is 2.81. The normalized spacial score (nSPS) is 31.8. The van der Waals surface area contributed by atoms with Crippen LogP contribution in [0.3, 0.4) is 0 Å². The van der Waals surface area contributed by atoms with Crippen molar-refractivity contribution in [1.82, 2.24) is 4.90 Å². The molecule has 0 N–H and O–H groups in total. The highest BCUT2D eigenvalue weighted by molar-refractivity contribution is 5.02. The van der Waals surface area contributed by atoms with Gasteiger partial charge in [-0.2, -0.15) is 0 Å². The summed E-state index contributed by atoms with van der Waals surface area (Å²) in [5.41, 5.74) is 0.815. The predicted octanol–water partition coefficient (Wildman–Crippen LogP) is 1.74. The molecule has 0 bridgehead atoms. The topological polar surface area (TPSA) is 3.24 Å². The first-order valence-corrected chi connectivity index (χ1v) is 4.43. The molecule has 58 valence electrons. The zero-order valence-corrected chi connectivity index (χ0v) is 7.06. The summed E-state index contributed by atoms with van der Waals surface area (Å²) in [6, 6.07) is 0. The third-order valence-electron chi connectivity index (χ3n) is 3.23. The minimum Gasteiger partial charge on any atom is -0.305 e. The van der Waals surface area contributed by atoms with Gasteiger partial charge in [-0.3, -0.25) is 0 Å². The Morgan fingerprint density at radius 2 is 2.00 bits per heavy atom. The van der Waals surface area contributed by atoms with Crippen LogP contribution in [0.25, 0.3) is 0 Å². The third kappa shape index (κ3) is 0.800. The van der Waals surface area contributed by atoms with Gasteiger partial charge in [0.15, 0.2) is 0 Å². The lowest BCUT2D eigenvalue weighted by molar-refractivity contribution is -0.0821. The van der Waals surface area contributed by atoms with Crippen molar-refractivity contribution in [2.45, 2.75) is 26.2 Å². The van der Waals surface area contributed by atoms with Gasteiger partial charge in [0.05, 0.1) is 0 Å². The quantitative estimate of drug-likeness (QED) is 0.535. The molecule has 1 aliphatic heterocycles. The van der Waals surface area contributed by atoms with Crippen molar-refractivity contribution in [3.8, 4) is 0 Å². The van der Waals surface area contributed by atoms with Crippen molar-refractivity contribution >= 4 is 0 Å². The van der Waals surface area contributed by atoms with Crippen LogP contribution in [0.15, 0.2) is 0 Å². The summed E-state index contributed by atoms with van der Waals surface area (Å²) in [4.78, 5) is 2.44. The second-order valence-corrected chi connectivity index (χ2v) is 4.35. The van der Waals surface area contributed by atoms with Gasteiger partial charge in [0.25, 0.3) is 0 Å². The maximum atomic E-state index is 2.44. The molecule has 2 aliphatic rings. The molecule has 1 saturated carbocycles. The van der Waals surface area contributed by atoms with E-state index in [1.165, 1.54) is 32.4 Å². The van der Waals surface area contributed by atoms with Crippen molar-refractivity contribution < 1.29 is 0 Å². The Hall–Kier alpha value is -0.0400. The Morgan fingerprint density at radius 3 is 2.40 bits per heavy atom. The molecule has 2 rings (SSSR count). The van der Waals surface area contributed by atoms with Crippen molar-refractivity contribution in [3.63, 3.8) is 0 Å². The molecule has 0 unspecified atom stereocenters. The molecular weight excluding hydrogens is 122 g/mol. The smallest absolute Gasteiger partial charge is 0.00476 e. The summed E-state index contributed by atoms with van der Waals surface area (Å²) in [5, 5.41) is 0. The maximum absolute atomic E-state index is 2.44. The van der Waals surface area contributed by atoms with Crippen LogP contribution in [0, 0.1) is 11.3 Å². The number of likely N-dealkylation sites (tertiary alicyclic amines) is 1. The highest BCUT2D eigenvalue weighted by Crippen LogP contribution is 2.52. The van der Waals surface area contributed by atoms with E-state index in [9.17, 15) is 0 Å². The molecule has 1 spiro atoms. The molecule has 1 heterocycles. The van der Waals surface area contributed by atoms with Gasteiger partial charge in [0, 0.05) is 13.1 Å². The molecule has 1 saturated heterocycles. The van der Waals surface area contributed by atoms with Crippen LogP contribution in [0.2, 0.25) is 0 Å². The number of rotatable bonds is 1. The Balaban J connectivity index is 1.80. The van der Waals surface area contributed by atoms with Crippen molar-refractivity contribution in [2.24, 2.45) is 11.3 Å². The molecule has 0 aromatic heterocycles. The van der Waals surface area contributed by atoms with Crippen molar-refractivity contribution in [2.75, 3.05) is 20.1 Å². The highest BCUT2D eigenvalue weighted by Gasteiger charge is 2.49. The van der Waals surface area contributed by atoms with Crippen LogP contribution in [0.1, 0.15) is 26.2 Å². The second-order valence-electron chi connectivity index (χ2n) is 4.35. The molecule has 1 heteroatoms. The summed E-state index contributed by atoms with van der Waals surface area (Å²) >= 11 is 0. The minimum atomic E-state index is 0.815. The minimum absolute atomic E-state index is 0.815. The zero-order valence-electron chi connectivity index (χ0n) is 7.06. The van der Waals surface area contributed by atoms with Crippen molar-refractivity contribution in [1.29, 1.82) is 0 Å². The number of nitrogens with zero attached hydrogens (tertiary/aromatic N) is 1. The largest absolute Gasteiger partial charge is 0.305 e. The van der Waals surface area contributed by atoms with Gasteiger partial charge in [0.1, 0.15) is 0 Å². The molecule has 0 amide bonds. The summed E-state index contributed by atoms with van der Waals surface area (Å²) in [5.74, 6) is 1.08. The lowest BCUT2D eigenvalue weighted by Crippen LogP contribution is -2.60. The van der Waals surface area contributed by atoms with Crippen LogP contribution in [-0.2, 0) is 0 Å². The van der Waals surface area contributed by atoms with E-state index >= 15 is 0 Å². The van der Waals surface area contributed by atoms with Crippen LogP contribution in [-0.4, -0.2) is 25.0 Å². The first kappa shape index (κ1) is 6.66. The molecule has 0 atom stereocenters. The molecule has 0 aromatic rings. The molecule has 1 nitrogen and oxygen atoms in total. The predicted molar refractivity (Wildman–Crippen MR) is 42.9 cm³/mol. The monoisotopic (exact) mass is 139 g/mol. The lowest BCUT2D eigenvalue weighted by Gasteiger charge is -2.58. The highest BCUT2D eigenvalue weighted by atomic mass is 15.2. The van der Waals surface area contributed by atoms with Gasteiger partial charge in [0.2, 0.25) is 0 Å². The molecule has 2 fully saturated rings. The number of hydrogen-bond acceptors (Lipinski definition) is 1. The van der Waals surface area contributed by atoms with Crippen LogP contribution in [0.4, 0.5) is 0 Å². The molecule has 0 radical (unpaired) electrons.